The molecule has 1 fully saturated rings. The normalized spacial score (nSPS) is 26.9. The van der Waals surface area contributed by atoms with Gasteiger partial charge in [0.2, 0.25) is 0 Å². The Kier molecular flexibility index (Phi) is 6.07. The first-order valence-electron chi connectivity index (χ1n) is 6.72. The van der Waals surface area contributed by atoms with Gasteiger partial charge >= 0.3 is 0 Å². The van der Waals surface area contributed by atoms with Crippen LogP contribution in [0.25, 0.3) is 0 Å². The molecule has 2 nitrogen and oxygen atoms in total. The van der Waals surface area contributed by atoms with Crippen LogP contribution >= 0.6 is 0 Å². The molecule has 0 aromatic carbocycles. The molecule has 0 spiro atoms. The zero-order valence-electron chi connectivity index (χ0n) is 11.1. The second-order valence-electron chi connectivity index (χ2n) is 4.93. The lowest BCUT2D eigenvalue weighted by molar-refractivity contribution is 0.0320. The lowest BCUT2D eigenvalue weighted by Gasteiger charge is -2.25. The van der Waals surface area contributed by atoms with Crippen molar-refractivity contribution in [1.82, 2.24) is 5.32 Å². The molecule has 1 heterocycles. The molecule has 0 radical (unpaired) electrons. The highest BCUT2D eigenvalue weighted by Crippen LogP contribution is 2.25. The summed E-state index contributed by atoms with van der Waals surface area (Å²) >= 11 is 0. The van der Waals surface area contributed by atoms with Crippen LogP contribution in [0.1, 0.15) is 52.9 Å². The highest BCUT2D eigenvalue weighted by Gasteiger charge is 2.29. The Morgan fingerprint density at radius 3 is 2.69 bits per heavy atom. The van der Waals surface area contributed by atoms with E-state index in [2.05, 4.69) is 32.7 Å². The van der Waals surface area contributed by atoms with Gasteiger partial charge in [-0.25, -0.2) is 0 Å². The topological polar surface area (TPSA) is 21.3 Å². The Labute approximate surface area is 100 Å². The number of rotatable bonds is 7. The summed E-state index contributed by atoms with van der Waals surface area (Å²) in [7, 11) is 0. The first-order valence-corrected chi connectivity index (χ1v) is 6.72. The van der Waals surface area contributed by atoms with Gasteiger partial charge < -0.3 is 10.1 Å². The van der Waals surface area contributed by atoms with Crippen LogP contribution in [0.5, 0.6) is 0 Å². The molecular weight excluding hydrogens is 198 g/mol. The largest absolute Gasteiger partial charge is 0.374 e. The summed E-state index contributed by atoms with van der Waals surface area (Å²) in [5.41, 5.74) is 1.33. The minimum Gasteiger partial charge on any atom is -0.374 e. The number of nitrogens with one attached hydrogen (secondary N) is 1. The van der Waals surface area contributed by atoms with Gasteiger partial charge in [0, 0.05) is 6.04 Å². The Balaban J connectivity index is 2.45. The Hall–Kier alpha value is -0.340. The molecule has 94 valence electrons. The molecule has 0 aromatic rings. The molecule has 16 heavy (non-hydrogen) atoms. The third-order valence-corrected chi connectivity index (χ3v) is 3.38. The van der Waals surface area contributed by atoms with E-state index >= 15 is 0 Å². The maximum Gasteiger partial charge on any atom is 0.0735 e. The fourth-order valence-corrected chi connectivity index (χ4v) is 2.25. The van der Waals surface area contributed by atoms with E-state index in [0.717, 1.165) is 19.4 Å². The quantitative estimate of drug-likeness (QED) is 0.671. The fraction of sp³-hybridized carbons (Fsp3) is 0.857. The molecule has 1 rings (SSSR count). The smallest absolute Gasteiger partial charge is 0.0735 e. The Morgan fingerprint density at radius 1 is 1.44 bits per heavy atom. The summed E-state index contributed by atoms with van der Waals surface area (Å²) in [5, 5.41) is 3.61. The van der Waals surface area contributed by atoms with Crippen molar-refractivity contribution in [3.8, 4) is 0 Å². The van der Waals surface area contributed by atoms with Crippen LogP contribution in [0.15, 0.2) is 12.2 Å². The molecule has 0 saturated carbocycles. The van der Waals surface area contributed by atoms with Crippen LogP contribution in [-0.4, -0.2) is 24.8 Å². The van der Waals surface area contributed by atoms with E-state index < -0.39 is 0 Å². The molecule has 1 saturated heterocycles. The molecule has 1 aliphatic rings. The second kappa shape index (κ2) is 7.08. The monoisotopic (exact) mass is 225 g/mol. The summed E-state index contributed by atoms with van der Waals surface area (Å²) in [4.78, 5) is 0. The van der Waals surface area contributed by atoms with Crippen LogP contribution < -0.4 is 5.32 Å². The molecule has 0 aromatic heterocycles. The maximum absolute atomic E-state index is 5.96. The maximum atomic E-state index is 5.96. The predicted octanol–water partition coefficient (Wildman–Crippen LogP) is 3.28. The third kappa shape index (κ3) is 4.26. The van der Waals surface area contributed by atoms with E-state index in [1.807, 2.05) is 0 Å². The molecule has 1 N–H and O–H groups in total. The van der Waals surface area contributed by atoms with Gasteiger partial charge in [0.05, 0.1) is 12.2 Å². The summed E-state index contributed by atoms with van der Waals surface area (Å²) in [6, 6.07) is 0.470. The Morgan fingerprint density at radius 2 is 2.19 bits per heavy atom. The number of ether oxygens (including phenoxy) is 1. The van der Waals surface area contributed by atoms with Crippen molar-refractivity contribution in [2.75, 3.05) is 6.54 Å². The standard InChI is InChI=1S/C14H27NO/c1-5-9-15-13(10-11(3)6-2)14-8-7-12(4)16-14/h12-15H,3,5-10H2,1-2,4H3. The minimum atomic E-state index is 0.393. The van der Waals surface area contributed by atoms with Crippen LogP contribution in [-0.2, 0) is 4.74 Å². The average molecular weight is 225 g/mol. The summed E-state index contributed by atoms with van der Waals surface area (Å²) in [6.45, 7) is 11.8. The van der Waals surface area contributed by atoms with Crippen molar-refractivity contribution in [1.29, 1.82) is 0 Å². The third-order valence-electron chi connectivity index (χ3n) is 3.38. The predicted molar refractivity (Wildman–Crippen MR) is 69.7 cm³/mol. The van der Waals surface area contributed by atoms with Crippen LogP contribution in [0.3, 0.4) is 0 Å². The Bertz CT molecular complexity index is 215. The van der Waals surface area contributed by atoms with E-state index in [4.69, 9.17) is 4.74 Å². The molecular formula is C14H27NO. The van der Waals surface area contributed by atoms with Crippen LogP contribution in [0.4, 0.5) is 0 Å². The molecule has 0 amide bonds. The van der Waals surface area contributed by atoms with Gasteiger partial charge in [0.25, 0.3) is 0 Å². The molecule has 1 aliphatic heterocycles. The second-order valence-corrected chi connectivity index (χ2v) is 4.93. The van der Waals surface area contributed by atoms with E-state index in [-0.39, 0.29) is 0 Å². The lowest BCUT2D eigenvalue weighted by Crippen LogP contribution is -2.40. The van der Waals surface area contributed by atoms with Gasteiger partial charge in [-0.1, -0.05) is 26.0 Å². The van der Waals surface area contributed by atoms with Gasteiger partial charge in [-0.3, -0.25) is 0 Å². The summed E-state index contributed by atoms with van der Waals surface area (Å²) in [5.74, 6) is 0. The van der Waals surface area contributed by atoms with Gasteiger partial charge in [0.1, 0.15) is 0 Å². The van der Waals surface area contributed by atoms with Crippen molar-refractivity contribution >= 4 is 0 Å². The zero-order valence-corrected chi connectivity index (χ0v) is 11.1. The molecule has 2 heteroatoms. The average Bonchev–Trinajstić information content (AvgIpc) is 2.70. The highest BCUT2D eigenvalue weighted by atomic mass is 16.5. The lowest BCUT2D eigenvalue weighted by atomic mass is 9.98. The minimum absolute atomic E-state index is 0.393. The molecule has 3 unspecified atom stereocenters. The van der Waals surface area contributed by atoms with Crippen molar-refractivity contribution in [2.24, 2.45) is 0 Å². The van der Waals surface area contributed by atoms with Gasteiger partial charge in [-0.15, -0.1) is 0 Å². The molecule has 3 atom stereocenters. The van der Waals surface area contributed by atoms with Crippen LogP contribution in [0, 0.1) is 0 Å². The molecule has 0 bridgehead atoms. The van der Waals surface area contributed by atoms with Crippen molar-refractivity contribution in [2.45, 2.75) is 71.1 Å². The number of hydrogen-bond donors (Lipinski definition) is 1. The van der Waals surface area contributed by atoms with E-state index in [0.29, 0.717) is 18.2 Å². The fourth-order valence-electron chi connectivity index (χ4n) is 2.25. The van der Waals surface area contributed by atoms with E-state index in [9.17, 15) is 0 Å². The van der Waals surface area contributed by atoms with Crippen LogP contribution in [0.2, 0.25) is 0 Å². The zero-order chi connectivity index (χ0) is 12.0. The first-order chi connectivity index (χ1) is 7.67. The summed E-state index contributed by atoms with van der Waals surface area (Å²) < 4.78 is 5.96. The van der Waals surface area contributed by atoms with Crippen molar-refractivity contribution in [3.05, 3.63) is 12.2 Å². The number of hydrogen-bond acceptors (Lipinski definition) is 2. The molecule has 0 aliphatic carbocycles. The van der Waals surface area contributed by atoms with Crippen molar-refractivity contribution in [3.63, 3.8) is 0 Å². The van der Waals surface area contributed by atoms with Gasteiger partial charge in [-0.05, 0) is 45.6 Å². The van der Waals surface area contributed by atoms with Gasteiger partial charge in [0.15, 0.2) is 0 Å². The first kappa shape index (κ1) is 13.7. The van der Waals surface area contributed by atoms with Gasteiger partial charge in [-0.2, -0.15) is 0 Å². The van der Waals surface area contributed by atoms with E-state index in [1.165, 1.54) is 24.8 Å². The van der Waals surface area contributed by atoms with E-state index in [1.54, 1.807) is 0 Å². The SMILES string of the molecule is C=C(CC)CC(NCCC)C1CCC(C)O1. The highest BCUT2D eigenvalue weighted by molar-refractivity contribution is 4.99. The van der Waals surface area contributed by atoms with Crippen molar-refractivity contribution < 1.29 is 4.74 Å². The summed E-state index contributed by atoms with van der Waals surface area (Å²) in [6.07, 6.45) is 6.54.